The molecule has 0 atom stereocenters. The Kier molecular flexibility index (Phi) is 5.17. The molecule has 0 bridgehead atoms. The molecule has 1 N–H and O–H groups in total. The van der Waals surface area contributed by atoms with Crippen LogP contribution >= 0.6 is 0 Å². The van der Waals surface area contributed by atoms with Gasteiger partial charge in [0, 0.05) is 18.7 Å². The lowest BCUT2D eigenvalue weighted by Gasteiger charge is -2.11. The first-order chi connectivity index (χ1) is 8.58. The summed E-state index contributed by atoms with van der Waals surface area (Å²) in [5, 5.41) is 2.63. The van der Waals surface area contributed by atoms with Crippen molar-refractivity contribution in [2.45, 2.75) is 20.8 Å². The van der Waals surface area contributed by atoms with E-state index in [0.717, 1.165) is 0 Å². The van der Waals surface area contributed by atoms with Crippen LogP contribution in [0, 0.1) is 0 Å². The topological polar surface area (TPSA) is 64.6 Å². The minimum absolute atomic E-state index is 0.179. The summed E-state index contributed by atoms with van der Waals surface area (Å²) in [6.07, 6.45) is 0. The molecule has 1 amide bonds. The molecule has 5 heteroatoms. The quantitative estimate of drug-likeness (QED) is 0.815. The van der Waals surface area contributed by atoms with Crippen LogP contribution in [0.1, 0.15) is 31.1 Å². The third kappa shape index (κ3) is 3.76. The third-order valence-corrected chi connectivity index (χ3v) is 2.10. The van der Waals surface area contributed by atoms with Gasteiger partial charge in [-0.2, -0.15) is 0 Å². The number of benzene rings is 1. The summed E-state index contributed by atoms with van der Waals surface area (Å²) in [5.74, 6) is -0.209. The fourth-order valence-corrected chi connectivity index (χ4v) is 1.46. The number of ether oxygens (including phenoxy) is 2. The van der Waals surface area contributed by atoms with Crippen molar-refractivity contribution >= 4 is 17.6 Å². The van der Waals surface area contributed by atoms with Gasteiger partial charge in [0.1, 0.15) is 11.3 Å². The Bertz CT molecular complexity index is 443. The second-order valence-corrected chi connectivity index (χ2v) is 3.55. The SMILES string of the molecule is CCOC(=O)c1ccc(NC(C)=O)cc1OCC. The molecule has 0 aliphatic rings. The number of anilines is 1. The van der Waals surface area contributed by atoms with E-state index >= 15 is 0 Å². The molecule has 5 nitrogen and oxygen atoms in total. The predicted molar refractivity (Wildman–Crippen MR) is 67.9 cm³/mol. The van der Waals surface area contributed by atoms with Crippen molar-refractivity contribution in [3.8, 4) is 5.75 Å². The largest absolute Gasteiger partial charge is 0.493 e. The van der Waals surface area contributed by atoms with Crippen molar-refractivity contribution in [2.24, 2.45) is 0 Å². The number of nitrogens with one attached hydrogen (secondary N) is 1. The van der Waals surface area contributed by atoms with Crippen LogP contribution in [0.2, 0.25) is 0 Å². The van der Waals surface area contributed by atoms with Gasteiger partial charge in [-0.1, -0.05) is 0 Å². The monoisotopic (exact) mass is 251 g/mol. The van der Waals surface area contributed by atoms with Crippen molar-refractivity contribution in [3.05, 3.63) is 23.8 Å². The van der Waals surface area contributed by atoms with E-state index in [-0.39, 0.29) is 5.91 Å². The lowest BCUT2D eigenvalue weighted by molar-refractivity contribution is -0.114. The van der Waals surface area contributed by atoms with Crippen molar-refractivity contribution in [1.29, 1.82) is 0 Å². The molecule has 0 aliphatic carbocycles. The van der Waals surface area contributed by atoms with Gasteiger partial charge in [0.05, 0.1) is 13.2 Å². The van der Waals surface area contributed by atoms with Crippen LogP contribution in [0.15, 0.2) is 18.2 Å². The molecule has 0 radical (unpaired) electrons. The molecule has 0 fully saturated rings. The minimum atomic E-state index is -0.435. The number of amides is 1. The summed E-state index contributed by atoms with van der Waals surface area (Å²) < 4.78 is 10.3. The van der Waals surface area contributed by atoms with Crippen LogP contribution < -0.4 is 10.1 Å². The average molecular weight is 251 g/mol. The number of hydrogen-bond acceptors (Lipinski definition) is 4. The van der Waals surface area contributed by atoms with Crippen LogP contribution in [0.3, 0.4) is 0 Å². The zero-order valence-corrected chi connectivity index (χ0v) is 10.8. The molecule has 1 aromatic carbocycles. The standard InChI is InChI=1S/C13H17NO4/c1-4-17-12-8-10(14-9(3)15)6-7-11(12)13(16)18-5-2/h6-8H,4-5H2,1-3H3,(H,14,15). The molecule has 0 saturated carbocycles. The molecule has 0 saturated heterocycles. The Balaban J connectivity index is 3.03. The first-order valence-electron chi connectivity index (χ1n) is 5.80. The highest BCUT2D eigenvalue weighted by Crippen LogP contribution is 2.24. The van der Waals surface area contributed by atoms with Gasteiger partial charge in [0.25, 0.3) is 0 Å². The van der Waals surface area contributed by atoms with Crippen LogP contribution in [-0.4, -0.2) is 25.1 Å². The molecule has 1 aromatic rings. The molecule has 98 valence electrons. The van der Waals surface area contributed by atoms with Crippen molar-refractivity contribution in [1.82, 2.24) is 0 Å². The van der Waals surface area contributed by atoms with E-state index in [1.54, 1.807) is 25.1 Å². The number of rotatable bonds is 5. The van der Waals surface area contributed by atoms with E-state index in [0.29, 0.717) is 30.2 Å². The van der Waals surface area contributed by atoms with Gasteiger partial charge < -0.3 is 14.8 Å². The second kappa shape index (κ2) is 6.64. The zero-order valence-electron chi connectivity index (χ0n) is 10.8. The summed E-state index contributed by atoms with van der Waals surface area (Å²) >= 11 is 0. The Labute approximate surface area is 106 Å². The summed E-state index contributed by atoms with van der Waals surface area (Å²) in [6.45, 7) is 5.71. The molecule has 0 aliphatic heterocycles. The van der Waals surface area contributed by atoms with E-state index in [9.17, 15) is 9.59 Å². The van der Waals surface area contributed by atoms with Gasteiger partial charge in [-0.15, -0.1) is 0 Å². The normalized spacial score (nSPS) is 9.72. The minimum Gasteiger partial charge on any atom is -0.493 e. The second-order valence-electron chi connectivity index (χ2n) is 3.55. The fraction of sp³-hybridized carbons (Fsp3) is 0.385. The zero-order chi connectivity index (χ0) is 13.5. The Hall–Kier alpha value is -2.04. The molecule has 18 heavy (non-hydrogen) atoms. The van der Waals surface area contributed by atoms with Crippen LogP contribution in [0.5, 0.6) is 5.75 Å². The third-order valence-electron chi connectivity index (χ3n) is 2.10. The van der Waals surface area contributed by atoms with Crippen LogP contribution in [0.25, 0.3) is 0 Å². The molecule has 1 rings (SSSR count). The maximum atomic E-state index is 11.7. The van der Waals surface area contributed by atoms with Gasteiger partial charge in [-0.05, 0) is 26.0 Å². The first-order valence-corrected chi connectivity index (χ1v) is 5.80. The first kappa shape index (κ1) is 14.0. The number of carbonyl (C=O) groups is 2. The van der Waals surface area contributed by atoms with E-state index in [2.05, 4.69) is 5.32 Å². The van der Waals surface area contributed by atoms with Gasteiger partial charge in [0.2, 0.25) is 5.91 Å². The summed E-state index contributed by atoms with van der Waals surface area (Å²) in [7, 11) is 0. The Morgan fingerprint density at radius 3 is 2.50 bits per heavy atom. The van der Waals surface area contributed by atoms with Gasteiger partial charge in [-0.3, -0.25) is 4.79 Å². The Morgan fingerprint density at radius 1 is 1.22 bits per heavy atom. The molecule has 0 heterocycles. The summed E-state index contributed by atoms with van der Waals surface area (Å²) in [5.41, 5.74) is 0.937. The predicted octanol–water partition coefficient (Wildman–Crippen LogP) is 2.22. The maximum Gasteiger partial charge on any atom is 0.341 e. The highest BCUT2D eigenvalue weighted by atomic mass is 16.5. The van der Waals surface area contributed by atoms with Gasteiger partial charge in [0.15, 0.2) is 0 Å². The maximum absolute atomic E-state index is 11.7. The highest BCUT2D eigenvalue weighted by Gasteiger charge is 2.14. The molecule has 0 aromatic heterocycles. The average Bonchev–Trinajstić information content (AvgIpc) is 2.29. The van der Waals surface area contributed by atoms with E-state index in [1.807, 2.05) is 6.92 Å². The van der Waals surface area contributed by atoms with Crippen molar-refractivity contribution < 1.29 is 19.1 Å². The molecule has 0 unspecified atom stereocenters. The van der Waals surface area contributed by atoms with Crippen LogP contribution in [0.4, 0.5) is 5.69 Å². The van der Waals surface area contributed by atoms with E-state index < -0.39 is 5.97 Å². The lowest BCUT2D eigenvalue weighted by atomic mass is 10.2. The number of hydrogen-bond donors (Lipinski definition) is 1. The molecular formula is C13H17NO4. The van der Waals surface area contributed by atoms with E-state index in [4.69, 9.17) is 9.47 Å². The summed E-state index contributed by atoms with van der Waals surface area (Å²) in [6, 6.07) is 4.82. The van der Waals surface area contributed by atoms with Crippen LogP contribution in [-0.2, 0) is 9.53 Å². The Morgan fingerprint density at radius 2 is 1.94 bits per heavy atom. The lowest BCUT2D eigenvalue weighted by Crippen LogP contribution is -2.10. The number of esters is 1. The van der Waals surface area contributed by atoms with E-state index in [1.165, 1.54) is 6.92 Å². The summed E-state index contributed by atoms with van der Waals surface area (Å²) in [4.78, 5) is 22.6. The van der Waals surface area contributed by atoms with Crippen molar-refractivity contribution in [3.63, 3.8) is 0 Å². The van der Waals surface area contributed by atoms with Gasteiger partial charge >= 0.3 is 5.97 Å². The van der Waals surface area contributed by atoms with Crippen molar-refractivity contribution in [2.75, 3.05) is 18.5 Å². The number of carbonyl (C=O) groups excluding carboxylic acids is 2. The smallest absolute Gasteiger partial charge is 0.341 e. The van der Waals surface area contributed by atoms with Gasteiger partial charge in [-0.25, -0.2) is 4.79 Å². The highest BCUT2D eigenvalue weighted by molar-refractivity contribution is 5.95. The molecular weight excluding hydrogens is 234 g/mol. The fourth-order valence-electron chi connectivity index (χ4n) is 1.46. The molecule has 0 spiro atoms.